The number of aldehydes is 1. The first-order chi connectivity index (χ1) is 11.8. The first-order valence-corrected chi connectivity index (χ1v) is 7.82. The molecule has 0 fully saturated rings. The lowest BCUT2D eigenvalue weighted by atomic mass is 10.0. The lowest BCUT2D eigenvalue weighted by Gasteiger charge is -2.09. The first kappa shape index (κ1) is 14.4. The van der Waals surface area contributed by atoms with Crippen LogP contribution in [0.15, 0.2) is 72.9 Å². The Kier molecular flexibility index (Phi) is 3.47. The molecule has 116 valence electrons. The van der Waals surface area contributed by atoms with Crippen LogP contribution in [0.4, 0.5) is 0 Å². The fourth-order valence-corrected chi connectivity index (χ4v) is 3.25. The summed E-state index contributed by atoms with van der Waals surface area (Å²) in [7, 11) is 0. The van der Waals surface area contributed by atoms with Gasteiger partial charge in [0.2, 0.25) is 5.78 Å². The second kappa shape index (κ2) is 5.78. The van der Waals surface area contributed by atoms with E-state index in [2.05, 4.69) is 24.3 Å². The Morgan fingerprint density at radius 2 is 1.58 bits per heavy atom. The summed E-state index contributed by atoms with van der Waals surface area (Å²) in [4.78, 5) is 22.9. The van der Waals surface area contributed by atoms with Crippen LogP contribution in [0.25, 0.3) is 21.7 Å². The molecule has 0 atom stereocenters. The van der Waals surface area contributed by atoms with Gasteiger partial charge in [0.05, 0.1) is 5.56 Å². The van der Waals surface area contributed by atoms with E-state index in [0.717, 1.165) is 10.9 Å². The molecule has 1 aromatic heterocycles. The quantitative estimate of drug-likeness (QED) is 0.321. The number of carbonyl (C=O) groups is 2. The molecule has 0 radical (unpaired) electrons. The molecule has 0 aliphatic rings. The van der Waals surface area contributed by atoms with E-state index in [4.69, 9.17) is 0 Å². The molecular formula is C21H15NO2. The van der Waals surface area contributed by atoms with Gasteiger partial charge in [0.1, 0.15) is 0 Å². The van der Waals surface area contributed by atoms with Gasteiger partial charge in [-0.1, -0.05) is 60.7 Å². The zero-order chi connectivity index (χ0) is 16.5. The van der Waals surface area contributed by atoms with Gasteiger partial charge in [-0.25, -0.2) is 0 Å². The van der Waals surface area contributed by atoms with Crippen LogP contribution < -0.4 is 0 Å². The Bertz CT molecular complexity index is 1070. The smallest absolute Gasteiger partial charge is 0.227 e. The fraction of sp³-hybridized carbons (Fsp3) is 0.0476. The molecular weight excluding hydrogens is 298 g/mol. The minimum absolute atomic E-state index is 0.379. The predicted molar refractivity (Wildman–Crippen MR) is 95.4 cm³/mol. The molecule has 0 spiro atoms. The summed E-state index contributed by atoms with van der Waals surface area (Å²) < 4.78 is 2.04. The van der Waals surface area contributed by atoms with E-state index in [1.165, 1.54) is 16.3 Å². The summed E-state index contributed by atoms with van der Waals surface area (Å²) in [6.45, 7) is 0.647. The van der Waals surface area contributed by atoms with E-state index < -0.39 is 5.78 Å². The van der Waals surface area contributed by atoms with Gasteiger partial charge in [0.15, 0.2) is 6.29 Å². The number of hydrogen-bond donors (Lipinski definition) is 0. The molecule has 3 nitrogen and oxygen atoms in total. The van der Waals surface area contributed by atoms with E-state index in [9.17, 15) is 9.59 Å². The Balaban J connectivity index is 1.88. The number of rotatable bonds is 4. The van der Waals surface area contributed by atoms with Crippen molar-refractivity contribution in [1.29, 1.82) is 0 Å². The molecule has 0 saturated carbocycles. The highest BCUT2D eigenvalue weighted by atomic mass is 16.2. The van der Waals surface area contributed by atoms with Gasteiger partial charge in [0, 0.05) is 23.6 Å². The van der Waals surface area contributed by atoms with Crippen molar-refractivity contribution in [2.75, 3.05) is 0 Å². The summed E-state index contributed by atoms with van der Waals surface area (Å²) in [5.41, 5.74) is 2.59. The van der Waals surface area contributed by atoms with Gasteiger partial charge in [0.25, 0.3) is 0 Å². The molecule has 3 aromatic carbocycles. The molecule has 24 heavy (non-hydrogen) atoms. The minimum Gasteiger partial charge on any atom is -0.342 e. The molecule has 0 saturated heterocycles. The largest absolute Gasteiger partial charge is 0.342 e. The van der Waals surface area contributed by atoms with Crippen LogP contribution in [-0.2, 0) is 11.3 Å². The van der Waals surface area contributed by atoms with Gasteiger partial charge in [-0.3, -0.25) is 9.59 Å². The first-order valence-electron chi connectivity index (χ1n) is 7.82. The monoisotopic (exact) mass is 313 g/mol. The SMILES string of the molecule is O=CC(=O)c1cn(Cc2cccc3ccccc23)c2ccccc12. The van der Waals surface area contributed by atoms with Crippen molar-refractivity contribution in [3.05, 3.63) is 84.1 Å². The highest BCUT2D eigenvalue weighted by Gasteiger charge is 2.14. The number of hydrogen-bond acceptors (Lipinski definition) is 2. The molecule has 0 unspecified atom stereocenters. The predicted octanol–water partition coefficient (Wildman–Crippen LogP) is 4.22. The van der Waals surface area contributed by atoms with Crippen molar-refractivity contribution >= 4 is 33.7 Å². The third-order valence-electron chi connectivity index (χ3n) is 4.38. The van der Waals surface area contributed by atoms with Crippen molar-refractivity contribution in [3.63, 3.8) is 0 Å². The highest BCUT2D eigenvalue weighted by molar-refractivity contribution is 6.36. The van der Waals surface area contributed by atoms with E-state index in [1.54, 1.807) is 6.20 Å². The summed E-state index contributed by atoms with van der Waals surface area (Å²) in [5.74, 6) is -0.483. The molecule has 4 aromatic rings. The van der Waals surface area contributed by atoms with Crippen LogP contribution >= 0.6 is 0 Å². The third-order valence-corrected chi connectivity index (χ3v) is 4.38. The molecule has 0 aliphatic carbocycles. The Labute approximate surface area is 139 Å². The molecule has 4 rings (SSSR count). The van der Waals surface area contributed by atoms with Crippen LogP contribution in [-0.4, -0.2) is 16.6 Å². The van der Waals surface area contributed by atoms with E-state index >= 15 is 0 Å². The fourth-order valence-electron chi connectivity index (χ4n) is 3.25. The summed E-state index contributed by atoms with van der Waals surface area (Å²) in [5, 5.41) is 3.20. The standard InChI is InChI=1S/C21H15NO2/c23-14-21(24)19-13-22(20-11-4-3-10-18(19)20)12-16-8-5-7-15-6-1-2-9-17(15)16/h1-11,13-14H,12H2. The summed E-state index contributed by atoms with van der Waals surface area (Å²) in [6, 6.07) is 22.2. The maximum Gasteiger partial charge on any atom is 0.227 e. The summed E-state index contributed by atoms with van der Waals surface area (Å²) >= 11 is 0. The highest BCUT2D eigenvalue weighted by Crippen LogP contribution is 2.25. The van der Waals surface area contributed by atoms with Crippen molar-refractivity contribution in [3.8, 4) is 0 Å². The van der Waals surface area contributed by atoms with Gasteiger partial charge < -0.3 is 4.57 Å². The Morgan fingerprint density at radius 3 is 2.42 bits per heavy atom. The number of para-hydroxylation sites is 1. The maximum absolute atomic E-state index is 11.9. The second-order valence-electron chi connectivity index (χ2n) is 5.81. The molecule has 0 N–H and O–H groups in total. The number of benzene rings is 3. The van der Waals surface area contributed by atoms with Gasteiger partial charge in [-0.15, -0.1) is 0 Å². The number of ketones is 1. The number of aromatic nitrogens is 1. The molecule has 0 bridgehead atoms. The van der Waals surface area contributed by atoms with E-state index in [0.29, 0.717) is 18.4 Å². The zero-order valence-corrected chi connectivity index (χ0v) is 13.0. The van der Waals surface area contributed by atoms with Crippen LogP contribution in [0.5, 0.6) is 0 Å². The van der Waals surface area contributed by atoms with Crippen molar-refractivity contribution < 1.29 is 9.59 Å². The lowest BCUT2D eigenvalue weighted by molar-refractivity contribution is -0.104. The average Bonchev–Trinajstić information content (AvgIpc) is 3.00. The normalized spacial score (nSPS) is 11.0. The van der Waals surface area contributed by atoms with Crippen molar-refractivity contribution in [1.82, 2.24) is 4.57 Å². The van der Waals surface area contributed by atoms with Crippen molar-refractivity contribution in [2.45, 2.75) is 6.54 Å². The van der Waals surface area contributed by atoms with Gasteiger partial charge in [-0.05, 0) is 22.4 Å². The molecule has 0 amide bonds. The minimum atomic E-state index is -0.483. The Morgan fingerprint density at radius 1 is 0.875 bits per heavy atom. The third kappa shape index (κ3) is 2.31. The number of Topliss-reactive ketones (excluding diaryl/α,β-unsaturated/α-hetero) is 1. The number of carbonyl (C=O) groups excluding carboxylic acids is 2. The average molecular weight is 313 g/mol. The maximum atomic E-state index is 11.9. The van der Waals surface area contributed by atoms with Crippen LogP contribution in [0.1, 0.15) is 15.9 Å². The zero-order valence-electron chi connectivity index (χ0n) is 13.0. The van der Waals surface area contributed by atoms with Gasteiger partial charge >= 0.3 is 0 Å². The summed E-state index contributed by atoms with van der Waals surface area (Å²) in [6.07, 6.45) is 2.16. The number of fused-ring (bicyclic) bond motifs is 2. The van der Waals surface area contributed by atoms with Crippen LogP contribution in [0.2, 0.25) is 0 Å². The number of nitrogens with zero attached hydrogens (tertiary/aromatic N) is 1. The van der Waals surface area contributed by atoms with Crippen molar-refractivity contribution in [2.24, 2.45) is 0 Å². The molecule has 0 aliphatic heterocycles. The molecule has 1 heterocycles. The topological polar surface area (TPSA) is 39.1 Å². The Hall–Kier alpha value is -3.20. The van der Waals surface area contributed by atoms with E-state index in [-0.39, 0.29) is 0 Å². The van der Waals surface area contributed by atoms with Gasteiger partial charge in [-0.2, -0.15) is 0 Å². The second-order valence-corrected chi connectivity index (χ2v) is 5.81. The molecule has 3 heteroatoms. The van der Waals surface area contributed by atoms with E-state index in [1.807, 2.05) is 47.0 Å². The van der Waals surface area contributed by atoms with Crippen LogP contribution in [0, 0.1) is 0 Å². The lowest BCUT2D eigenvalue weighted by Crippen LogP contribution is -2.00. The van der Waals surface area contributed by atoms with Crippen LogP contribution in [0.3, 0.4) is 0 Å².